The number of rotatable bonds is 10. The summed E-state index contributed by atoms with van der Waals surface area (Å²) in [4.78, 5) is 39.0. The lowest BCUT2D eigenvalue weighted by atomic mass is 10.1. The van der Waals surface area contributed by atoms with Crippen molar-refractivity contribution in [1.29, 1.82) is 0 Å². The van der Waals surface area contributed by atoms with E-state index in [0.717, 1.165) is 5.56 Å². The quantitative estimate of drug-likeness (QED) is 0.182. The maximum Gasteiger partial charge on any atom is 0.272 e. The second-order valence-corrected chi connectivity index (χ2v) is 9.09. The maximum absolute atomic E-state index is 13.8. The predicted molar refractivity (Wildman–Crippen MR) is 147 cm³/mol. The minimum absolute atomic E-state index is 0.0165. The van der Waals surface area contributed by atoms with Gasteiger partial charge in [0.25, 0.3) is 5.69 Å². The number of halogens is 2. The van der Waals surface area contributed by atoms with Crippen LogP contribution in [0.5, 0.6) is 11.5 Å². The van der Waals surface area contributed by atoms with E-state index in [2.05, 4.69) is 15.0 Å². The second kappa shape index (κ2) is 12.5. The van der Waals surface area contributed by atoms with Gasteiger partial charge in [-0.2, -0.15) is 0 Å². The van der Waals surface area contributed by atoms with Gasteiger partial charge in [0.2, 0.25) is 5.91 Å². The van der Waals surface area contributed by atoms with E-state index in [-0.39, 0.29) is 41.0 Å². The molecule has 12 heteroatoms. The fourth-order valence-electron chi connectivity index (χ4n) is 3.97. The van der Waals surface area contributed by atoms with Crippen molar-refractivity contribution in [3.8, 4) is 11.5 Å². The molecule has 0 aliphatic heterocycles. The number of aromatic nitrogens is 3. The zero-order valence-electron chi connectivity index (χ0n) is 21.0. The molecule has 4 rings (SSSR count). The Kier molecular flexibility index (Phi) is 8.90. The number of pyridine rings is 1. The summed E-state index contributed by atoms with van der Waals surface area (Å²) in [5.74, 6) is 0.560. The molecule has 0 saturated heterocycles. The smallest absolute Gasteiger partial charge is 0.272 e. The summed E-state index contributed by atoms with van der Waals surface area (Å²) in [6, 6.07) is 13.2. The highest BCUT2D eigenvalue weighted by Crippen LogP contribution is 2.41. The molecule has 2 heterocycles. The van der Waals surface area contributed by atoms with Gasteiger partial charge in [-0.3, -0.25) is 24.8 Å². The van der Waals surface area contributed by atoms with Crippen molar-refractivity contribution >= 4 is 40.6 Å². The molecule has 0 N–H and O–H groups in total. The van der Waals surface area contributed by atoms with Crippen LogP contribution in [-0.4, -0.2) is 40.0 Å². The molecule has 10 nitrogen and oxygen atoms in total. The largest absolute Gasteiger partial charge is 0.495 e. The van der Waals surface area contributed by atoms with Crippen molar-refractivity contribution in [2.45, 2.75) is 19.4 Å². The zero-order chi connectivity index (χ0) is 27.9. The lowest BCUT2D eigenvalue weighted by Gasteiger charge is -2.23. The summed E-state index contributed by atoms with van der Waals surface area (Å²) < 4.78 is 10.7. The molecule has 0 spiro atoms. The number of anilines is 1. The molecule has 39 heavy (non-hydrogen) atoms. The van der Waals surface area contributed by atoms with Gasteiger partial charge in [-0.25, -0.2) is 9.97 Å². The highest BCUT2D eigenvalue weighted by atomic mass is 35.5. The number of nitro benzene ring substituents is 1. The summed E-state index contributed by atoms with van der Waals surface area (Å²) in [7, 11) is 2.91. The van der Waals surface area contributed by atoms with Gasteiger partial charge in [0.05, 0.1) is 47.8 Å². The number of nitro groups is 1. The molecule has 1 amide bonds. The van der Waals surface area contributed by atoms with E-state index in [1.807, 2.05) is 6.07 Å². The number of ether oxygens (including phenoxy) is 2. The third kappa shape index (κ3) is 6.42. The summed E-state index contributed by atoms with van der Waals surface area (Å²) in [5.41, 5.74) is 2.06. The Morgan fingerprint density at radius 2 is 1.74 bits per heavy atom. The number of benzene rings is 2. The zero-order valence-corrected chi connectivity index (χ0v) is 22.5. The molecule has 0 fully saturated rings. The van der Waals surface area contributed by atoms with Gasteiger partial charge < -0.3 is 9.47 Å². The Labute approximate surface area is 234 Å². The van der Waals surface area contributed by atoms with E-state index in [1.54, 1.807) is 48.8 Å². The average Bonchev–Trinajstić information content (AvgIpc) is 2.95. The van der Waals surface area contributed by atoms with Crippen LogP contribution in [0.4, 0.5) is 11.5 Å². The van der Waals surface area contributed by atoms with Crippen molar-refractivity contribution in [1.82, 2.24) is 15.0 Å². The minimum Gasteiger partial charge on any atom is -0.495 e. The van der Waals surface area contributed by atoms with Crippen LogP contribution in [0.15, 0.2) is 67.3 Å². The molecule has 0 bridgehead atoms. The molecule has 0 atom stereocenters. The van der Waals surface area contributed by atoms with Crippen LogP contribution in [0, 0.1) is 10.1 Å². The molecule has 2 aromatic heterocycles. The lowest BCUT2D eigenvalue weighted by Crippen LogP contribution is -2.33. The van der Waals surface area contributed by atoms with Crippen LogP contribution >= 0.6 is 23.2 Å². The van der Waals surface area contributed by atoms with Gasteiger partial charge in [-0.15, -0.1) is 0 Å². The normalized spacial score (nSPS) is 10.7. The van der Waals surface area contributed by atoms with Gasteiger partial charge in [0.15, 0.2) is 0 Å². The first-order valence-corrected chi connectivity index (χ1v) is 12.4. The summed E-state index contributed by atoms with van der Waals surface area (Å²) in [6.45, 7) is 0.144. The molecule has 0 unspecified atom stereocenters. The SMILES string of the molecule is COc1cc(OC)c(Cl)c(CC(=O)N(Cc2cccnc2)c2cc(Cc3ccccc3[N+](=O)[O-])ncn2)c1Cl. The molecule has 0 aliphatic rings. The molecule has 2 aromatic carbocycles. The van der Waals surface area contributed by atoms with Gasteiger partial charge >= 0.3 is 0 Å². The van der Waals surface area contributed by atoms with Crippen LogP contribution in [0.25, 0.3) is 0 Å². The van der Waals surface area contributed by atoms with Crippen LogP contribution in [0.1, 0.15) is 22.4 Å². The molecule has 0 radical (unpaired) electrons. The lowest BCUT2D eigenvalue weighted by molar-refractivity contribution is -0.385. The van der Waals surface area contributed by atoms with Crippen molar-refractivity contribution in [3.05, 3.63) is 110 Å². The average molecular weight is 568 g/mol. The topological polar surface area (TPSA) is 121 Å². The van der Waals surface area contributed by atoms with E-state index in [9.17, 15) is 14.9 Å². The van der Waals surface area contributed by atoms with Crippen LogP contribution in [0.2, 0.25) is 10.0 Å². The number of nitrogens with zero attached hydrogens (tertiary/aromatic N) is 5. The molecular formula is C27H23Cl2N5O5. The van der Waals surface area contributed by atoms with E-state index in [1.165, 1.54) is 31.5 Å². The summed E-state index contributed by atoms with van der Waals surface area (Å²) in [5, 5.41) is 11.9. The van der Waals surface area contributed by atoms with Crippen LogP contribution in [-0.2, 0) is 24.2 Å². The predicted octanol–water partition coefficient (Wildman–Crippen LogP) is 5.47. The molecule has 0 saturated carbocycles. The van der Waals surface area contributed by atoms with Crippen molar-refractivity contribution in [2.75, 3.05) is 19.1 Å². The number of hydrogen-bond acceptors (Lipinski definition) is 8. The van der Waals surface area contributed by atoms with Gasteiger partial charge in [-0.1, -0.05) is 47.5 Å². The third-order valence-electron chi connectivity index (χ3n) is 5.90. The Hall–Kier alpha value is -4.28. The first-order chi connectivity index (χ1) is 18.8. The number of carbonyl (C=O) groups is 1. The Morgan fingerprint density at radius 3 is 2.38 bits per heavy atom. The Morgan fingerprint density at radius 1 is 1.03 bits per heavy atom. The van der Waals surface area contributed by atoms with E-state index >= 15 is 0 Å². The van der Waals surface area contributed by atoms with Gasteiger partial charge in [0, 0.05) is 48.1 Å². The fraction of sp³-hybridized carbons (Fsp3) is 0.185. The second-order valence-electron chi connectivity index (χ2n) is 8.34. The van der Waals surface area contributed by atoms with Gasteiger partial charge in [-0.05, 0) is 11.6 Å². The number of carbonyl (C=O) groups excluding carboxylic acids is 1. The number of amides is 1. The van der Waals surface area contributed by atoms with Crippen LogP contribution in [0.3, 0.4) is 0 Å². The molecule has 200 valence electrons. The highest BCUT2D eigenvalue weighted by Gasteiger charge is 2.25. The third-order valence-corrected chi connectivity index (χ3v) is 6.73. The summed E-state index contributed by atoms with van der Waals surface area (Å²) in [6.07, 6.45) is 4.58. The first-order valence-electron chi connectivity index (χ1n) is 11.6. The molecule has 4 aromatic rings. The fourth-order valence-corrected chi connectivity index (χ4v) is 4.61. The minimum atomic E-state index is -0.439. The van der Waals surface area contributed by atoms with Crippen molar-refractivity contribution in [3.63, 3.8) is 0 Å². The number of para-hydroxylation sites is 1. The monoisotopic (exact) mass is 567 g/mol. The van der Waals surface area contributed by atoms with Crippen LogP contribution < -0.4 is 14.4 Å². The van der Waals surface area contributed by atoms with Crippen molar-refractivity contribution < 1.29 is 19.2 Å². The Bertz CT molecular complexity index is 1480. The first kappa shape index (κ1) is 27.7. The van der Waals surface area contributed by atoms with E-state index in [0.29, 0.717) is 34.1 Å². The highest BCUT2D eigenvalue weighted by molar-refractivity contribution is 6.38. The van der Waals surface area contributed by atoms with Gasteiger partial charge in [0.1, 0.15) is 23.6 Å². The summed E-state index contributed by atoms with van der Waals surface area (Å²) >= 11 is 13.1. The number of methoxy groups -OCH3 is 2. The number of hydrogen-bond donors (Lipinski definition) is 0. The standard InChI is InChI=1S/C27H23Cl2N5O5/c1-38-22-13-23(39-2)27(29)20(26(22)28)12-25(35)33(15-17-6-5-9-30-14-17)24-11-19(31-16-32-24)10-18-7-3-4-8-21(18)34(36)37/h3-9,11,13-14,16H,10,12,15H2,1-2H3. The van der Waals surface area contributed by atoms with Crippen molar-refractivity contribution in [2.24, 2.45) is 0 Å². The Balaban J connectivity index is 1.71. The molecule has 0 aliphatic carbocycles. The van der Waals surface area contributed by atoms with E-state index in [4.69, 9.17) is 32.7 Å². The maximum atomic E-state index is 13.8. The molecular weight excluding hydrogens is 545 g/mol. The van der Waals surface area contributed by atoms with E-state index < -0.39 is 4.92 Å².